The van der Waals surface area contributed by atoms with Crippen molar-refractivity contribution in [1.29, 1.82) is 0 Å². The number of Topliss-reactive ketones (excluding diaryl/α,β-unsaturated/α-hetero) is 2. The van der Waals surface area contributed by atoms with Crippen LogP contribution in [0.15, 0.2) is 78.9 Å². The SMILES string of the molecule is CC(OC(=O)CCC(=O)Nc1ccc(C(=O)OC(C)C(=O)c2ccccc2)cc1)C(=O)c1ccc(Cl)cc1. The third-order valence-electron chi connectivity index (χ3n) is 5.48. The van der Waals surface area contributed by atoms with Crippen LogP contribution in [-0.4, -0.2) is 41.6 Å². The summed E-state index contributed by atoms with van der Waals surface area (Å²) < 4.78 is 10.4. The number of carbonyl (C=O) groups excluding carboxylic acids is 5. The van der Waals surface area contributed by atoms with Crippen LogP contribution in [0.1, 0.15) is 57.8 Å². The summed E-state index contributed by atoms with van der Waals surface area (Å²) in [5.74, 6) is -2.50. The standard InChI is InChI=1S/C29H26ClNO7/c1-18(27(34)21-8-12-23(30)13-9-21)37-26(33)17-16-25(32)31-24-14-10-22(11-15-24)29(36)38-19(2)28(35)20-6-4-3-5-7-20/h3-15,18-19H,16-17H2,1-2H3,(H,31,32). The number of anilines is 1. The first kappa shape index (κ1) is 28.3. The average molecular weight is 536 g/mol. The van der Waals surface area contributed by atoms with Gasteiger partial charge in [-0.25, -0.2) is 4.79 Å². The molecular formula is C29H26ClNO7. The van der Waals surface area contributed by atoms with Crippen molar-refractivity contribution in [3.8, 4) is 0 Å². The van der Waals surface area contributed by atoms with Gasteiger partial charge in [-0.1, -0.05) is 41.9 Å². The Morgan fingerprint density at radius 2 is 1.21 bits per heavy atom. The number of hydrogen-bond acceptors (Lipinski definition) is 7. The number of esters is 2. The quantitative estimate of drug-likeness (QED) is 0.261. The van der Waals surface area contributed by atoms with Crippen LogP contribution >= 0.6 is 11.6 Å². The maximum Gasteiger partial charge on any atom is 0.338 e. The van der Waals surface area contributed by atoms with Crippen molar-refractivity contribution >= 4 is 46.7 Å². The van der Waals surface area contributed by atoms with E-state index in [0.717, 1.165) is 0 Å². The maximum atomic E-state index is 12.4. The van der Waals surface area contributed by atoms with E-state index in [4.69, 9.17) is 21.1 Å². The van der Waals surface area contributed by atoms with Gasteiger partial charge in [0.1, 0.15) is 0 Å². The third-order valence-corrected chi connectivity index (χ3v) is 5.73. The van der Waals surface area contributed by atoms with Gasteiger partial charge < -0.3 is 14.8 Å². The summed E-state index contributed by atoms with van der Waals surface area (Å²) >= 11 is 5.81. The molecule has 0 bridgehead atoms. The molecule has 1 N–H and O–H groups in total. The van der Waals surface area contributed by atoms with Gasteiger partial charge in [-0.05, 0) is 62.4 Å². The minimum Gasteiger partial charge on any atom is -0.454 e. The fraction of sp³-hybridized carbons (Fsp3) is 0.207. The van der Waals surface area contributed by atoms with Crippen LogP contribution in [0.3, 0.4) is 0 Å². The highest BCUT2D eigenvalue weighted by Crippen LogP contribution is 2.15. The zero-order valence-electron chi connectivity index (χ0n) is 20.8. The van der Waals surface area contributed by atoms with Crippen molar-refractivity contribution in [2.45, 2.75) is 38.9 Å². The van der Waals surface area contributed by atoms with Gasteiger partial charge in [0.05, 0.1) is 12.0 Å². The molecule has 0 aliphatic carbocycles. The third kappa shape index (κ3) is 8.11. The Kier molecular flexibility index (Phi) is 9.90. The molecule has 9 heteroatoms. The van der Waals surface area contributed by atoms with Crippen molar-refractivity contribution in [3.63, 3.8) is 0 Å². The van der Waals surface area contributed by atoms with E-state index in [1.807, 2.05) is 0 Å². The van der Waals surface area contributed by atoms with Gasteiger partial charge in [0.15, 0.2) is 12.2 Å². The highest BCUT2D eigenvalue weighted by molar-refractivity contribution is 6.30. The minimum atomic E-state index is -1.01. The molecule has 0 radical (unpaired) electrons. The number of amides is 1. The number of halogens is 1. The van der Waals surface area contributed by atoms with Gasteiger partial charge in [-0.15, -0.1) is 0 Å². The Bertz CT molecular complexity index is 1310. The van der Waals surface area contributed by atoms with E-state index in [1.54, 1.807) is 42.5 Å². The fourth-order valence-electron chi connectivity index (χ4n) is 3.41. The fourth-order valence-corrected chi connectivity index (χ4v) is 3.53. The largest absolute Gasteiger partial charge is 0.454 e. The lowest BCUT2D eigenvalue weighted by molar-refractivity contribution is -0.147. The molecule has 8 nitrogen and oxygen atoms in total. The summed E-state index contributed by atoms with van der Waals surface area (Å²) in [6, 6.07) is 20.6. The zero-order valence-corrected chi connectivity index (χ0v) is 21.6. The number of ketones is 2. The number of benzene rings is 3. The summed E-state index contributed by atoms with van der Waals surface area (Å²) in [6.07, 6.45) is -2.36. The molecular weight excluding hydrogens is 510 g/mol. The first-order valence-electron chi connectivity index (χ1n) is 11.8. The van der Waals surface area contributed by atoms with E-state index < -0.39 is 30.1 Å². The van der Waals surface area contributed by atoms with Crippen molar-refractivity contribution in [1.82, 2.24) is 0 Å². The molecule has 0 saturated carbocycles. The topological polar surface area (TPSA) is 116 Å². The van der Waals surface area contributed by atoms with Crippen molar-refractivity contribution in [2.75, 3.05) is 5.32 Å². The van der Waals surface area contributed by atoms with Crippen LogP contribution in [0.4, 0.5) is 5.69 Å². The Balaban J connectivity index is 1.43. The predicted octanol–water partition coefficient (Wildman–Crippen LogP) is 5.30. The minimum absolute atomic E-state index is 0.163. The van der Waals surface area contributed by atoms with E-state index in [0.29, 0.717) is 21.8 Å². The molecule has 3 aromatic rings. The molecule has 2 unspecified atom stereocenters. The van der Waals surface area contributed by atoms with Crippen LogP contribution < -0.4 is 5.32 Å². The number of hydrogen-bond donors (Lipinski definition) is 1. The summed E-state index contributed by atoms with van der Waals surface area (Å²) in [4.78, 5) is 61.5. The molecule has 0 heterocycles. The molecule has 0 spiro atoms. The molecule has 0 fully saturated rings. The van der Waals surface area contributed by atoms with Crippen LogP contribution in [0.2, 0.25) is 5.02 Å². The van der Waals surface area contributed by atoms with Crippen molar-refractivity contribution < 1.29 is 33.4 Å². The van der Waals surface area contributed by atoms with Gasteiger partial charge in [-0.3, -0.25) is 19.2 Å². The summed E-state index contributed by atoms with van der Waals surface area (Å²) in [5, 5.41) is 3.10. The normalized spacial score (nSPS) is 12.1. The monoisotopic (exact) mass is 535 g/mol. The molecule has 0 aliphatic rings. The lowest BCUT2D eigenvalue weighted by Gasteiger charge is -2.13. The molecule has 196 valence electrons. The van der Waals surface area contributed by atoms with E-state index in [9.17, 15) is 24.0 Å². The second-order valence-corrected chi connectivity index (χ2v) is 8.84. The number of rotatable bonds is 11. The Labute approximate surface area is 224 Å². The van der Waals surface area contributed by atoms with Crippen molar-refractivity contribution in [2.24, 2.45) is 0 Å². The number of carbonyl (C=O) groups is 5. The molecule has 3 rings (SSSR count). The molecule has 38 heavy (non-hydrogen) atoms. The van der Waals surface area contributed by atoms with Gasteiger partial charge in [-0.2, -0.15) is 0 Å². The summed E-state index contributed by atoms with van der Waals surface area (Å²) in [7, 11) is 0. The van der Waals surface area contributed by atoms with Gasteiger partial charge in [0.2, 0.25) is 17.5 Å². The second kappa shape index (κ2) is 13.3. The van der Waals surface area contributed by atoms with E-state index >= 15 is 0 Å². The van der Waals surface area contributed by atoms with Gasteiger partial charge in [0, 0.05) is 28.3 Å². The Hall–Kier alpha value is -4.30. The van der Waals surface area contributed by atoms with Crippen LogP contribution in [-0.2, 0) is 19.1 Å². The number of ether oxygens (including phenoxy) is 2. The van der Waals surface area contributed by atoms with E-state index in [1.165, 1.54) is 50.2 Å². The first-order chi connectivity index (χ1) is 18.1. The van der Waals surface area contributed by atoms with E-state index in [-0.39, 0.29) is 30.0 Å². The second-order valence-electron chi connectivity index (χ2n) is 8.41. The zero-order chi connectivity index (χ0) is 27.7. The highest BCUT2D eigenvalue weighted by atomic mass is 35.5. The van der Waals surface area contributed by atoms with Crippen LogP contribution in [0.25, 0.3) is 0 Å². The molecule has 0 aliphatic heterocycles. The molecule has 0 saturated heterocycles. The summed E-state index contributed by atoms with van der Waals surface area (Å²) in [5.41, 5.74) is 1.41. The Morgan fingerprint density at radius 3 is 1.82 bits per heavy atom. The first-order valence-corrected chi connectivity index (χ1v) is 12.2. The lowest BCUT2D eigenvalue weighted by atomic mass is 10.1. The smallest absolute Gasteiger partial charge is 0.338 e. The molecule has 3 aromatic carbocycles. The van der Waals surface area contributed by atoms with Gasteiger partial charge in [0.25, 0.3) is 0 Å². The molecule has 0 aromatic heterocycles. The lowest BCUT2D eigenvalue weighted by Crippen LogP contribution is -2.25. The summed E-state index contributed by atoms with van der Waals surface area (Å²) in [6.45, 7) is 2.96. The van der Waals surface area contributed by atoms with Gasteiger partial charge >= 0.3 is 11.9 Å². The van der Waals surface area contributed by atoms with Crippen LogP contribution in [0, 0.1) is 0 Å². The highest BCUT2D eigenvalue weighted by Gasteiger charge is 2.21. The maximum absolute atomic E-state index is 12.4. The molecule has 1 amide bonds. The number of nitrogens with one attached hydrogen (secondary N) is 1. The average Bonchev–Trinajstić information content (AvgIpc) is 2.92. The predicted molar refractivity (Wildman–Crippen MR) is 141 cm³/mol. The molecule has 2 atom stereocenters. The van der Waals surface area contributed by atoms with Crippen LogP contribution in [0.5, 0.6) is 0 Å². The Morgan fingerprint density at radius 1 is 0.684 bits per heavy atom. The van der Waals surface area contributed by atoms with E-state index in [2.05, 4.69) is 5.32 Å². The van der Waals surface area contributed by atoms with Crippen molar-refractivity contribution in [3.05, 3.63) is 101 Å².